The van der Waals surface area contributed by atoms with E-state index in [1.165, 1.54) is 0 Å². The summed E-state index contributed by atoms with van der Waals surface area (Å²) < 4.78 is 14.4. The molecule has 0 aliphatic carbocycles. The summed E-state index contributed by atoms with van der Waals surface area (Å²) in [6.45, 7) is 1.87. The van der Waals surface area contributed by atoms with Gasteiger partial charge in [0.15, 0.2) is 5.69 Å². The maximum Gasteiger partial charge on any atom is 0.297 e. The molecule has 6 nitrogen and oxygen atoms in total. The molecule has 4 rings (SSSR count). The number of para-hydroxylation sites is 1. The largest absolute Gasteiger partial charge is 0.497 e. The normalized spacial score (nSPS) is 11.3. The fourth-order valence-electron chi connectivity index (χ4n) is 3.16. The first kappa shape index (κ1) is 18.6. The fraction of sp³-hybridized carbons (Fsp3) is 0.130. The number of aliphatic imine (C=N–C) groups is 1. The summed E-state index contributed by atoms with van der Waals surface area (Å²) in [5, 5.41) is 0. The van der Waals surface area contributed by atoms with Crippen LogP contribution in [-0.4, -0.2) is 22.7 Å². The molecule has 0 saturated heterocycles. The van der Waals surface area contributed by atoms with Crippen molar-refractivity contribution >= 4 is 11.9 Å². The summed E-state index contributed by atoms with van der Waals surface area (Å²) in [6, 6.07) is 20.8. The third kappa shape index (κ3) is 3.52. The average molecular weight is 387 g/mol. The van der Waals surface area contributed by atoms with Crippen LogP contribution in [0.1, 0.15) is 11.5 Å². The highest BCUT2D eigenvalue weighted by Gasteiger charge is 2.15. The van der Waals surface area contributed by atoms with Crippen LogP contribution < -0.4 is 10.3 Å². The van der Waals surface area contributed by atoms with Crippen LogP contribution in [0.5, 0.6) is 5.75 Å². The zero-order valence-electron chi connectivity index (χ0n) is 16.5. The topological polar surface area (TPSA) is 61.7 Å². The van der Waals surface area contributed by atoms with Crippen LogP contribution in [0.15, 0.2) is 80.9 Å². The van der Waals surface area contributed by atoms with Gasteiger partial charge >= 0.3 is 0 Å². The quantitative estimate of drug-likeness (QED) is 0.474. The molecular formula is C23H21N3O3. The van der Waals surface area contributed by atoms with E-state index >= 15 is 0 Å². The Labute approximate surface area is 168 Å². The Kier molecular flexibility index (Phi) is 4.91. The summed E-state index contributed by atoms with van der Waals surface area (Å²) in [4.78, 5) is 17.3. The first-order valence-corrected chi connectivity index (χ1v) is 9.21. The molecule has 0 bridgehead atoms. The molecule has 0 unspecified atom stereocenters. The van der Waals surface area contributed by atoms with Gasteiger partial charge in [-0.3, -0.25) is 9.48 Å². The third-order valence-electron chi connectivity index (χ3n) is 4.85. The Morgan fingerprint density at radius 1 is 1.00 bits per heavy atom. The summed E-state index contributed by atoms with van der Waals surface area (Å²) in [5.74, 6) is 2.08. The number of ether oxygens (including phenoxy) is 1. The van der Waals surface area contributed by atoms with E-state index in [9.17, 15) is 4.79 Å². The minimum Gasteiger partial charge on any atom is -0.497 e. The van der Waals surface area contributed by atoms with E-state index in [0.717, 1.165) is 28.5 Å². The zero-order chi connectivity index (χ0) is 20.4. The van der Waals surface area contributed by atoms with Gasteiger partial charge in [0.1, 0.15) is 17.3 Å². The molecule has 6 heteroatoms. The van der Waals surface area contributed by atoms with E-state index in [2.05, 4.69) is 4.99 Å². The highest BCUT2D eigenvalue weighted by molar-refractivity contribution is 5.80. The van der Waals surface area contributed by atoms with E-state index < -0.39 is 0 Å². The number of methoxy groups -OCH3 is 1. The average Bonchev–Trinajstić information content (AvgIpc) is 3.31. The van der Waals surface area contributed by atoms with Crippen molar-refractivity contribution in [1.82, 2.24) is 9.36 Å². The summed E-state index contributed by atoms with van der Waals surface area (Å²) in [5.41, 5.74) is 2.72. The number of hydrogen-bond donors (Lipinski definition) is 0. The second-order valence-electron chi connectivity index (χ2n) is 6.60. The number of furan rings is 1. The van der Waals surface area contributed by atoms with Crippen LogP contribution >= 0.6 is 0 Å². The number of hydrogen-bond acceptors (Lipinski definition) is 4. The number of rotatable bonds is 5. The molecule has 0 aliphatic rings. The first-order valence-electron chi connectivity index (χ1n) is 9.21. The summed E-state index contributed by atoms with van der Waals surface area (Å²) >= 11 is 0. The van der Waals surface area contributed by atoms with Crippen LogP contribution in [0.2, 0.25) is 0 Å². The summed E-state index contributed by atoms with van der Waals surface area (Å²) in [7, 11) is 3.48. The van der Waals surface area contributed by atoms with Crippen molar-refractivity contribution in [3.8, 4) is 22.8 Å². The van der Waals surface area contributed by atoms with Crippen LogP contribution in [0.4, 0.5) is 5.69 Å². The van der Waals surface area contributed by atoms with Gasteiger partial charge in [0, 0.05) is 12.6 Å². The van der Waals surface area contributed by atoms with Gasteiger partial charge in [-0.1, -0.05) is 18.2 Å². The van der Waals surface area contributed by atoms with E-state index in [-0.39, 0.29) is 5.56 Å². The maximum absolute atomic E-state index is 12.9. The number of nitrogens with zero attached hydrogens (tertiary/aromatic N) is 3. The van der Waals surface area contributed by atoms with Crippen molar-refractivity contribution < 1.29 is 9.15 Å². The van der Waals surface area contributed by atoms with Crippen LogP contribution in [0.3, 0.4) is 0 Å². The molecule has 0 amide bonds. The lowest BCUT2D eigenvalue weighted by Crippen LogP contribution is -2.19. The molecular weight excluding hydrogens is 366 g/mol. The van der Waals surface area contributed by atoms with Crippen molar-refractivity contribution in [3.63, 3.8) is 0 Å². The Bertz CT molecular complexity index is 1210. The van der Waals surface area contributed by atoms with Gasteiger partial charge in [0.25, 0.3) is 5.56 Å². The molecule has 0 saturated carbocycles. The van der Waals surface area contributed by atoms with E-state index in [4.69, 9.17) is 9.15 Å². The monoisotopic (exact) mass is 387 g/mol. The molecule has 2 aromatic carbocycles. The number of aromatic nitrogens is 2. The molecule has 0 aliphatic heterocycles. The Morgan fingerprint density at radius 2 is 1.72 bits per heavy atom. The van der Waals surface area contributed by atoms with E-state index in [1.807, 2.05) is 80.7 Å². The second kappa shape index (κ2) is 7.67. The van der Waals surface area contributed by atoms with Crippen molar-refractivity contribution in [2.24, 2.45) is 12.0 Å². The van der Waals surface area contributed by atoms with Gasteiger partial charge in [0.2, 0.25) is 0 Å². The zero-order valence-corrected chi connectivity index (χ0v) is 16.5. The molecule has 2 heterocycles. The lowest BCUT2D eigenvalue weighted by molar-refractivity contribution is 0.415. The lowest BCUT2D eigenvalue weighted by Gasteiger charge is -2.07. The molecule has 0 N–H and O–H groups in total. The van der Waals surface area contributed by atoms with Gasteiger partial charge in [-0.2, -0.15) is 0 Å². The molecule has 0 spiro atoms. The predicted molar refractivity (Wildman–Crippen MR) is 114 cm³/mol. The molecule has 2 aromatic heterocycles. The summed E-state index contributed by atoms with van der Waals surface area (Å²) in [6.07, 6.45) is 1.58. The molecule has 4 aromatic rings. The SMILES string of the molecule is COc1ccc(-c2ccc(C=Nc3c(C)n(C)n(-c4ccccc4)c3=O)o2)cc1. The highest BCUT2D eigenvalue weighted by Crippen LogP contribution is 2.24. The van der Waals surface area contributed by atoms with Gasteiger partial charge < -0.3 is 9.15 Å². The van der Waals surface area contributed by atoms with Gasteiger partial charge in [-0.15, -0.1) is 0 Å². The van der Waals surface area contributed by atoms with Crippen molar-refractivity contribution in [2.45, 2.75) is 6.92 Å². The Morgan fingerprint density at radius 3 is 2.41 bits per heavy atom. The molecule has 0 fully saturated rings. The highest BCUT2D eigenvalue weighted by atomic mass is 16.5. The maximum atomic E-state index is 12.9. The second-order valence-corrected chi connectivity index (χ2v) is 6.60. The van der Waals surface area contributed by atoms with Gasteiger partial charge in [-0.25, -0.2) is 9.67 Å². The van der Waals surface area contributed by atoms with Crippen molar-refractivity contribution in [2.75, 3.05) is 7.11 Å². The lowest BCUT2D eigenvalue weighted by atomic mass is 10.2. The fourth-order valence-corrected chi connectivity index (χ4v) is 3.16. The predicted octanol–water partition coefficient (Wildman–Crippen LogP) is 4.50. The van der Waals surface area contributed by atoms with Gasteiger partial charge in [-0.05, 0) is 55.5 Å². The smallest absolute Gasteiger partial charge is 0.297 e. The Balaban J connectivity index is 1.63. The minimum absolute atomic E-state index is 0.172. The Hall–Kier alpha value is -3.80. The molecule has 0 radical (unpaired) electrons. The van der Waals surface area contributed by atoms with E-state index in [1.54, 1.807) is 22.7 Å². The van der Waals surface area contributed by atoms with Gasteiger partial charge in [0.05, 0.1) is 24.7 Å². The molecule has 0 atom stereocenters. The standard InChI is InChI=1S/C23H21N3O3/c1-16-22(23(27)26(25(16)2)18-7-5-4-6-8-18)24-15-20-13-14-21(29-20)17-9-11-19(28-3)12-10-17/h4-15H,1-3H3. The molecule has 29 heavy (non-hydrogen) atoms. The van der Waals surface area contributed by atoms with Crippen molar-refractivity contribution in [3.05, 3.63) is 88.5 Å². The van der Waals surface area contributed by atoms with Crippen LogP contribution in [-0.2, 0) is 7.05 Å². The third-order valence-corrected chi connectivity index (χ3v) is 4.85. The van der Waals surface area contributed by atoms with E-state index in [0.29, 0.717) is 11.4 Å². The molecule has 146 valence electrons. The van der Waals surface area contributed by atoms with Crippen molar-refractivity contribution in [1.29, 1.82) is 0 Å². The van der Waals surface area contributed by atoms with Crippen LogP contribution in [0, 0.1) is 6.92 Å². The van der Waals surface area contributed by atoms with Crippen LogP contribution in [0.25, 0.3) is 17.0 Å². The number of benzene rings is 2. The first-order chi connectivity index (χ1) is 14.1. The minimum atomic E-state index is -0.172.